The average Bonchev–Trinajstić information content (AvgIpc) is 3.34. The number of benzene rings is 1. The van der Waals surface area contributed by atoms with Crippen molar-refractivity contribution in [2.75, 3.05) is 13.1 Å². The summed E-state index contributed by atoms with van der Waals surface area (Å²) in [7, 11) is 0. The van der Waals surface area contributed by atoms with Gasteiger partial charge >= 0.3 is 0 Å². The number of hydrogen-bond acceptors (Lipinski definition) is 2. The second kappa shape index (κ2) is 6.29. The van der Waals surface area contributed by atoms with Crippen LogP contribution in [0.3, 0.4) is 0 Å². The molecule has 1 heterocycles. The van der Waals surface area contributed by atoms with Crippen LogP contribution in [0.2, 0.25) is 5.02 Å². The molecule has 1 aromatic rings. The fraction of sp³-hybridized carbons (Fsp3) is 0.529. The van der Waals surface area contributed by atoms with Crippen LogP contribution in [-0.2, 0) is 4.79 Å². The van der Waals surface area contributed by atoms with Crippen molar-refractivity contribution in [3.63, 3.8) is 0 Å². The number of carbonyl (C=O) groups is 2. The van der Waals surface area contributed by atoms with Crippen LogP contribution < -0.4 is 5.32 Å². The first-order valence-electron chi connectivity index (χ1n) is 7.90. The molecule has 1 aliphatic heterocycles. The molecule has 1 N–H and O–H groups in total. The molecule has 2 aliphatic rings. The number of aryl methyl sites for hydroxylation is 1. The number of carbonyl (C=O) groups excluding carboxylic acids is 2. The van der Waals surface area contributed by atoms with E-state index in [1.54, 1.807) is 12.1 Å². The first-order valence-corrected chi connectivity index (χ1v) is 8.28. The van der Waals surface area contributed by atoms with Gasteiger partial charge in [0.05, 0.1) is 10.6 Å². The molecule has 0 radical (unpaired) electrons. The summed E-state index contributed by atoms with van der Waals surface area (Å²) in [4.78, 5) is 26.5. The van der Waals surface area contributed by atoms with Gasteiger partial charge in [-0.3, -0.25) is 9.59 Å². The molecule has 1 atom stereocenters. The van der Waals surface area contributed by atoms with Gasteiger partial charge < -0.3 is 10.2 Å². The van der Waals surface area contributed by atoms with Crippen LogP contribution in [-0.4, -0.2) is 35.8 Å². The Morgan fingerprint density at radius 2 is 2.05 bits per heavy atom. The Kier molecular flexibility index (Phi) is 4.39. The van der Waals surface area contributed by atoms with E-state index in [1.165, 1.54) is 0 Å². The molecule has 2 amide bonds. The van der Waals surface area contributed by atoms with Gasteiger partial charge in [0.2, 0.25) is 5.91 Å². The van der Waals surface area contributed by atoms with Crippen molar-refractivity contribution in [2.24, 2.45) is 5.92 Å². The van der Waals surface area contributed by atoms with Crippen molar-refractivity contribution in [3.8, 4) is 0 Å². The van der Waals surface area contributed by atoms with Crippen molar-refractivity contribution in [1.82, 2.24) is 10.2 Å². The lowest BCUT2D eigenvalue weighted by Gasteiger charge is -2.33. The van der Waals surface area contributed by atoms with Crippen LogP contribution in [0, 0.1) is 12.8 Å². The van der Waals surface area contributed by atoms with Crippen LogP contribution in [0.4, 0.5) is 0 Å². The zero-order chi connectivity index (χ0) is 15.7. The molecular weight excluding hydrogens is 300 g/mol. The van der Waals surface area contributed by atoms with Crippen molar-refractivity contribution in [1.29, 1.82) is 0 Å². The summed E-state index contributed by atoms with van der Waals surface area (Å²) in [5, 5.41) is 3.49. The molecule has 0 bridgehead atoms. The maximum Gasteiger partial charge on any atom is 0.253 e. The molecular formula is C17H21ClN2O2. The fourth-order valence-electron chi connectivity index (χ4n) is 2.96. The first kappa shape index (κ1) is 15.3. The highest BCUT2D eigenvalue weighted by Crippen LogP contribution is 2.32. The van der Waals surface area contributed by atoms with Crippen LogP contribution in [0.15, 0.2) is 18.2 Å². The lowest BCUT2D eigenvalue weighted by molar-refractivity contribution is -0.133. The number of halogens is 1. The second-order valence-electron chi connectivity index (χ2n) is 6.35. The molecule has 0 spiro atoms. The van der Waals surface area contributed by atoms with E-state index in [0.29, 0.717) is 17.1 Å². The van der Waals surface area contributed by atoms with E-state index in [2.05, 4.69) is 5.32 Å². The van der Waals surface area contributed by atoms with Crippen LogP contribution in [0.5, 0.6) is 0 Å². The third kappa shape index (κ3) is 3.43. The predicted molar refractivity (Wildman–Crippen MR) is 86.0 cm³/mol. The van der Waals surface area contributed by atoms with E-state index in [1.807, 2.05) is 17.9 Å². The zero-order valence-corrected chi connectivity index (χ0v) is 13.5. The predicted octanol–water partition coefficient (Wildman–Crippen LogP) is 2.78. The Balaban J connectivity index is 1.63. The Labute approximate surface area is 135 Å². The molecule has 0 unspecified atom stereocenters. The van der Waals surface area contributed by atoms with E-state index in [0.717, 1.165) is 37.8 Å². The highest BCUT2D eigenvalue weighted by atomic mass is 35.5. The number of piperidine rings is 1. The van der Waals surface area contributed by atoms with Gasteiger partial charge in [0.15, 0.2) is 0 Å². The largest absolute Gasteiger partial charge is 0.347 e. The molecule has 118 valence electrons. The van der Waals surface area contributed by atoms with E-state index in [9.17, 15) is 9.59 Å². The molecule has 5 heteroatoms. The average molecular weight is 321 g/mol. The topological polar surface area (TPSA) is 49.4 Å². The number of nitrogens with zero attached hydrogens (tertiary/aromatic N) is 1. The summed E-state index contributed by atoms with van der Waals surface area (Å²) < 4.78 is 0. The highest BCUT2D eigenvalue weighted by Gasteiger charge is 2.35. The SMILES string of the molecule is Cc1ccc(Cl)c(C(=O)N[C@@H]2CCCN(C(=O)C3CC3)C2)c1. The lowest BCUT2D eigenvalue weighted by Crippen LogP contribution is -2.50. The van der Waals surface area contributed by atoms with Gasteiger partial charge in [-0.15, -0.1) is 0 Å². The third-order valence-electron chi connectivity index (χ3n) is 4.36. The zero-order valence-electron chi connectivity index (χ0n) is 12.8. The normalized spacial score (nSPS) is 21.5. The number of amides is 2. The molecule has 1 aromatic carbocycles. The summed E-state index contributed by atoms with van der Waals surface area (Å²) in [5.74, 6) is 0.340. The minimum Gasteiger partial charge on any atom is -0.347 e. The van der Waals surface area contributed by atoms with Crippen LogP contribution in [0.25, 0.3) is 0 Å². The maximum absolute atomic E-state index is 12.4. The number of hydrogen-bond donors (Lipinski definition) is 1. The smallest absolute Gasteiger partial charge is 0.253 e. The number of rotatable bonds is 3. The maximum atomic E-state index is 12.4. The van der Waals surface area contributed by atoms with Gasteiger partial charge in [0.25, 0.3) is 5.91 Å². The monoisotopic (exact) mass is 320 g/mol. The molecule has 0 aromatic heterocycles. The highest BCUT2D eigenvalue weighted by molar-refractivity contribution is 6.33. The molecule has 2 fully saturated rings. The lowest BCUT2D eigenvalue weighted by atomic mass is 10.0. The molecule has 1 saturated carbocycles. The fourth-order valence-corrected chi connectivity index (χ4v) is 3.16. The van der Waals surface area contributed by atoms with E-state index >= 15 is 0 Å². The van der Waals surface area contributed by atoms with E-state index < -0.39 is 0 Å². The molecule has 1 saturated heterocycles. The van der Waals surface area contributed by atoms with Crippen molar-refractivity contribution in [2.45, 2.75) is 38.6 Å². The van der Waals surface area contributed by atoms with Crippen LogP contribution >= 0.6 is 11.6 Å². The Bertz CT molecular complexity index is 598. The standard InChI is InChI=1S/C17H21ClN2O2/c1-11-4-7-15(18)14(9-11)16(21)19-13-3-2-8-20(10-13)17(22)12-5-6-12/h4,7,9,12-13H,2-3,5-6,8,10H2,1H3,(H,19,21)/t13-/m1/s1. The minimum absolute atomic E-state index is 0.0144. The van der Waals surface area contributed by atoms with Gasteiger partial charge in [-0.2, -0.15) is 0 Å². The van der Waals surface area contributed by atoms with Crippen LogP contribution in [0.1, 0.15) is 41.6 Å². The van der Waals surface area contributed by atoms with Crippen molar-refractivity contribution >= 4 is 23.4 Å². The number of likely N-dealkylation sites (tertiary alicyclic amines) is 1. The van der Waals surface area contributed by atoms with Crippen molar-refractivity contribution < 1.29 is 9.59 Å². The summed E-state index contributed by atoms with van der Waals surface area (Å²) in [5.41, 5.74) is 1.51. The third-order valence-corrected chi connectivity index (χ3v) is 4.69. The number of nitrogens with one attached hydrogen (secondary N) is 1. The van der Waals surface area contributed by atoms with E-state index in [-0.39, 0.29) is 23.8 Å². The Morgan fingerprint density at radius 3 is 2.77 bits per heavy atom. The summed E-state index contributed by atoms with van der Waals surface area (Å²) in [6.45, 7) is 3.36. The summed E-state index contributed by atoms with van der Waals surface area (Å²) in [6, 6.07) is 5.44. The first-order chi connectivity index (χ1) is 10.5. The van der Waals surface area contributed by atoms with Gasteiger partial charge in [0.1, 0.15) is 0 Å². The summed E-state index contributed by atoms with van der Waals surface area (Å²) in [6.07, 6.45) is 3.88. The Hall–Kier alpha value is -1.55. The molecule has 4 nitrogen and oxygen atoms in total. The van der Waals surface area contributed by atoms with Gasteiger partial charge in [-0.25, -0.2) is 0 Å². The quantitative estimate of drug-likeness (QED) is 0.931. The molecule has 22 heavy (non-hydrogen) atoms. The van der Waals surface area contributed by atoms with Gasteiger partial charge in [-0.05, 0) is 44.7 Å². The summed E-state index contributed by atoms with van der Waals surface area (Å²) >= 11 is 6.11. The van der Waals surface area contributed by atoms with Gasteiger partial charge in [-0.1, -0.05) is 23.2 Å². The van der Waals surface area contributed by atoms with Crippen molar-refractivity contribution in [3.05, 3.63) is 34.3 Å². The molecule has 1 aliphatic carbocycles. The Morgan fingerprint density at radius 1 is 1.27 bits per heavy atom. The second-order valence-corrected chi connectivity index (χ2v) is 6.76. The van der Waals surface area contributed by atoms with Gasteiger partial charge in [0, 0.05) is 25.0 Å². The van der Waals surface area contributed by atoms with E-state index in [4.69, 9.17) is 11.6 Å². The minimum atomic E-state index is -0.153. The molecule has 3 rings (SSSR count).